The normalized spacial score (nSPS) is 19.6. The standard InChI is InChI=1S/C19H25N3O6/c1-11(2)9-14(21-19(26)27-10-13-7-5-4-6-8-13)16(24)15-17(25)22(20)18(15)28-12(3)23/h4-8,11,14-15,18H,9-10,20H2,1-3H3,(H,21,26)/t14-,15-,18-/m0/s1. The third-order valence-corrected chi connectivity index (χ3v) is 4.23. The van der Waals surface area contributed by atoms with Crippen LogP contribution in [0.5, 0.6) is 0 Å². The Bertz CT molecular complexity index is 736. The van der Waals surface area contributed by atoms with Crippen molar-refractivity contribution in [1.82, 2.24) is 10.3 Å². The van der Waals surface area contributed by atoms with E-state index >= 15 is 0 Å². The fourth-order valence-electron chi connectivity index (χ4n) is 2.88. The van der Waals surface area contributed by atoms with Crippen LogP contribution in [0.3, 0.4) is 0 Å². The molecule has 152 valence electrons. The van der Waals surface area contributed by atoms with E-state index in [1.807, 2.05) is 32.0 Å². The number of benzene rings is 1. The third kappa shape index (κ3) is 5.29. The number of alkyl carbamates (subject to hydrolysis) is 1. The number of hydrazine groups is 1. The summed E-state index contributed by atoms with van der Waals surface area (Å²) in [4.78, 5) is 48.2. The zero-order valence-electron chi connectivity index (χ0n) is 16.1. The number of β-lactam (4-membered cyclic amide) rings is 1. The van der Waals surface area contributed by atoms with E-state index in [-0.39, 0.29) is 12.5 Å². The molecule has 1 heterocycles. The van der Waals surface area contributed by atoms with Gasteiger partial charge in [0.1, 0.15) is 6.61 Å². The maximum absolute atomic E-state index is 12.9. The van der Waals surface area contributed by atoms with Crippen LogP contribution >= 0.6 is 0 Å². The van der Waals surface area contributed by atoms with E-state index in [0.29, 0.717) is 11.4 Å². The molecule has 3 atom stereocenters. The molecule has 2 amide bonds. The van der Waals surface area contributed by atoms with Crippen LogP contribution in [0, 0.1) is 11.8 Å². The number of nitrogens with two attached hydrogens (primary N) is 1. The first kappa shape index (κ1) is 21.4. The second-order valence-corrected chi connectivity index (χ2v) is 7.01. The minimum Gasteiger partial charge on any atom is -0.445 e. The van der Waals surface area contributed by atoms with Crippen molar-refractivity contribution in [2.45, 2.75) is 46.1 Å². The highest BCUT2D eigenvalue weighted by atomic mass is 16.6. The molecule has 1 aromatic rings. The molecule has 1 aromatic carbocycles. The summed E-state index contributed by atoms with van der Waals surface area (Å²) >= 11 is 0. The van der Waals surface area contributed by atoms with E-state index in [9.17, 15) is 19.2 Å². The van der Waals surface area contributed by atoms with Crippen molar-refractivity contribution in [1.29, 1.82) is 0 Å². The molecule has 0 bridgehead atoms. The summed E-state index contributed by atoms with van der Waals surface area (Å²) in [6, 6.07) is 8.11. The Hall–Kier alpha value is -2.94. The van der Waals surface area contributed by atoms with Gasteiger partial charge in [0.25, 0.3) is 5.91 Å². The number of esters is 1. The van der Waals surface area contributed by atoms with Gasteiger partial charge in [0, 0.05) is 6.92 Å². The summed E-state index contributed by atoms with van der Waals surface area (Å²) < 4.78 is 10.1. The molecule has 9 heteroatoms. The summed E-state index contributed by atoms with van der Waals surface area (Å²) in [5.74, 6) is 2.42. The van der Waals surface area contributed by atoms with Gasteiger partial charge in [-0.2, -0.15) is 0 Å². The van der Waals surface area contributed by atoms with Crippen LogP contribution in [0.4, 0.5) is 4.79 Å². The van der Waals surface area contributed by atoms with Crippen molar-refractivity contribution in [3.05, 3.63) is 35.9 Å². The lowest BCUT2D eigenvalue weighted by molar-refractivity contribution is -0.198. The highest BCUT2D eigenvalue weighted by molar-refractivity contribution is 6.08. The lowest BCUT2D eigenvalue weighted by Crippen LogP contribution is -2.69. The van der Waals surface area contributed by atoms with E-state index in [2.05, 4.69) is 5.32 Å². The number of amides is 2. The van der Waals surface area contributed by atoms with Gasteiger partial charge in [-0.25, -0.2) is 15.6 Å². The van der Waals surface area contributed by atoms with Gasteiger partial charge in [-0.3, -0.25) is 14.4 Å². The molecule has 1 fully saturated rings. The van der Waals surface area contributed by atoms with E-state index < -0.39 is 41.9 Å². The number of hydrogen-bond donors (Lipinski definition) is 2. The quantitative estimate of drug-likeness (QED) is 0.223. The zero-order valence-corrected chi connectivity index (χ0v) is 16.1. The molecule has 28 heavy (non-hydrogen) atoms. The maximum Gasteiger partial charge on any atom is 0.408 e. The van der Waals surface area contributed by atoms with E-state index in [0.717, 1.165) is 12.5 Å². The average molecular weight is 391 g/mol. The SMILES string of the molecule is CC(=O)O[C@H]1[C@@H](C(=O)[C@H](CC(C)C)NC(=O)OCc2ccccc2)C(=O)N1N. The van der Waals surface area contributed by atoms with Crippen molar-refractivity contribution in [2.24, 2.45) is 17.7 Å². The molecule has 2 rings (SSSR count). The Morgan fingerprint density at radius 1 is 1.21 bits per heavy atom. The number of ether oxygens (including phenoxy) is 2. The van der Waals surface area contributed by atoms with Crippen LogP contribution in [0.25, 0.3) is 0 Å². The van der Waals surface area contributed by atoms with E-state index in [1.165, 1.54) is 0 Å². The smallest absolute Gasteiger partial charge is 0.408 e. The minimum atomic E-state index is -1.24. The highest BCUT2D eigenvalue weighted by Crippen LogP contribution is 2.28. The molecule has 1 aliphatic heterocycles. The van der Waals surface area contributed by atoms with Crippen molar-refractivity contribution >= 4 is 23.8 Å². The van der Waals surface area contributed by atoms with Gasteiger partial charge in [0.15, 0.2) is 11.7 Å². The van der Waals surface area contributed by atoms with Gasteiger partial charge in [0.05, 0.1) is 6.04 Å². The Morgan fingerprint density at radius 3 is 2.43 bits per heavy atom. The molecule has 0 saturated carbocycles. The molecule has 1 saturated heterocycles. The predicted octanol–water partition coefficient (Wildman–Crippen LogP) is 1.12. The lowest BCUT2D eigenvalue weighted by atomic mass is 9.86. The zero-order chi connectivity index (χ0) is 20.8. The summed E-state index contributed by atoms with van der Waals surface area (Å²) in [6.45, 7) is 4.95. The molecule has 0 aliphatic carbocycles. The van der Waals surface area contributed by atoms with Crippen molar-refractivity contribution in [3.63, 3.8) is 0 Å². The van der Waals surface area contributed by atoms with Crippen LogP contribution in [0.2, 0.25) is 0 Å². The van der Waals surface area contributed by atoms with Crippen LogP contribution < -0.4 is 11.2 Å². The Morgan fingerprint density at radius 2 is 1.86 bits per heavy atom. The van der Waals surface area contributed by atoms with Gasteiger partial charge >= 0.3 is 12.1 Å². The van der Waals surface area contributed by atoms with Crippen LogP contribution in [0.1, 0.15) is 32.8 Å². The Kier molecular flexibility index (Phi) is 7.11. The molecular formula is C19H25N3O6. The first-order valence-corrected chi connectivity index (χ1v) is 8.96. The first-order valence-electron chi connectivity index (χ1n) is 8.96. The van der Waals surface area contributed by atoms with Crippen molar-refractivity contribution in [2.75, 3.05) is 0 Å². The largest absolute Gasteiger partial charge is 0.445 e. The summed E-state index contributed by atoms with van der Waals surface area (Å²) in [7, 11) is 0. The topological polar surface area (TPSA) is 128 Å². The Labute approximate surface area is 163 Å². The summed E-state index contributed by atoms with van der Waals surface area (Å²) in [5, 5.41) is 3.21. The van der Waals surface area contributed by atoms with E-state index in [4.69, 9.17) is 15.3 Å². The van der Waals surface area contributed by atoms with Gasteiger partial charge < -0.3 is 14.8 Å². The predicted molar refractivity (Wildman–Crippen MR) is 98.1 cm³/mol. The second-order valence-electron chi connectivity index (χ2n) is 7.01. The van der Waals surface area contributed by atoms with Gasteiger partial charge in [-0.05, 0) is 17.9 Å². The van der Waals surface area contributed by atoms with Gasteiger partial charge in [-0.15, -0.1) is 0 Å². The van der Waals surface area contributed by atoms with Crippen LogP contribution in [-0.4, -0.2) is 41.0 Å². The summed E-state index contributed by atoms with van der Waals surface area (Å²) in [6.07, 6.45) is -1.65. The number of nitrogens with one attached hydrogen (secondary N) is 1. The number of ketones is 1. The van der Waals surface area contributed by atoms with Crippen molar-refractivity contribution < 1.29 is 28.7 Å². The summed E-state index contributed by atoms with van der Waals surface area (Å²) in [5.41, 5.74) is 0.798. The number of carbonyl (C=O) groups excluding carboxylic acids is 4. The Balaban J connectivity index is 2.03. The molecule has 9 nitrogen and oxygen atoms in total. The molecule has 0 aromatic heterocycles. The minimum absolute atomic E-state index is 0.0459. The lowest BCUT2D eigenvalue weighted by Gasteiger charge is -2.42. The average Bonchev–Trinajstić information content (AvgIpc) is 2.65. The monoisotopic (exact) mass is 391 g/mol. The van der Waals surface area contributed by atoms with Gasteiger partial charge in [0.2, 0.25) is 6.23 Å². The molecule has 3 N–H and O–H groups in total. The molecule has 0 radical (unpaired) electrons. The van der Waals surface area contributed by atoms with Gasteiger partial charge in [-0.1, -0.05) is 44.2 Å². The molecule has 1 aliphatic rings. The molecular weight excluding hydrogens is 366 g/mol. The van der Waals surface area contributed by atoms with Crippen LogP contribution in [0.15, 0.2) is 30.3 Å². The van der Waals surface area contributed by atoms with Crippen molar-refractivity contribution in [3.8, 4) is 0 Å². The number of rotatable bonds is 8. The first-order chi connectivity index (χ1) is 13.2. The number of Topliss-reactive ketones (excluding diaryl/α,β-unsaturated/α-hetero) is 1. The fraction of sp³-hybridized carbons (Fsp3) is 0.474. The number of carbonyl (C=O) groups is 4. The maximum atomic E-state index is 12.9. The van der Waals surface area contributed by atoms with Crippen LogP contribution in [-0.2, 0) is 30.5 Å². The van der Waals surface area contributed by atoms with E-state index in [1.54, 1.807) is 12.1 Å². The molecule has 0 unspecified atom stereocenters. The fourth-order valence-corrected chi connectivity index (χ4v) is 2.88. The number of hydrogen-bond acceptors (Lipinski definition) is 7. The highest BCUT2D eigenvalue weighted by Gasteiger charge is 2.54. The number of nitrogens with zero attached hydrogens (tertiary/aromatic N) is 1. The second kappa shape index (κ2) is 9.32. The third-order valence-electron chi connectivity index (χ3n) is 4.23. The molecule has 0 spiro atoms.